The van der Waals surface area contributed by atoms with Crippen molar-refractivity contribution in [2.45, 2.75) is 11.8 Å². The molecule has 2 rings (SSSR count). The van der Waals surface area contributed by atoms with Crippen LogP contribution in [0.25, 0.3) is 0 Å². The highest BCUT2D eigenvalue weighted by molar-refractivity contribution is 7.98. The first kappa shape index (κ1) is 11.7. The second-order valence-electron chi connectivity index (χ2n) is 3.48. The molecule has 88 valence electrons. The van der Waals surface area contributed by atoms with E-state index in [1.54, 1.807) is 18.7 Å². The van der Waals surface area contributed by atoms with Crippen molar-refractivity contribution in [3.8, 4) is 0 Å². The lowest BCUT2D eigenvalue weighted by atomic mass is 10.2. The number of carbonyl (C=O) groups is 1. The molecule has 17 heavy (non-hydrogen) atoms. The Morgan fingerprint density at radius 3 is 2.94 bits per heavy atom. The van der Waals surface area contributed by atoms with Crippen LogP contribution in [0.1, 0.15) is 16.1 Å². The van der Waals surface area contributed by atoms with Crippen LogP contribution < -0.4 is 5.32 Å². The van der Waals surface area contributed by atoms with Crippen LogP contribution in [0, 0.1) is 6.92 Å². The second kappa shape index (κ2) is 5.05. The molecule has 1 heterocycles. The molecule has 0 aliphatic carbocycles. The van der Waals surface area contributed by atoms with Crippen LogP contribution >= 0.6 is 11.8 Å². The molecule has 0 saturated heterocycles. The molecule has 1 N–H and O–H groups in total. The number of thioether (sulfide) groups is 1. The maximum atomic E-state index is 11.9. The van der Waals surface area contributed by atoms with Crippen LogP contribution in [-0.2, 0) is 0 Å². The van der Waals surface area contributed by atoms with Gasteiger partial charge in [-0.3, -0.25) is 4.79 Å². The maximum Gasteiger partial charge on any atom is 0.260 e. The average Bonchev–Trinajstić information content (AvgIpc) is 2.76. The molecule has 0 aliphatic heterocycles. The summed E-state index contributed by atoms with van der Waals surface area (Å²) in [6.45, 7) is 1.71. The van der Waals surface area contributed by atoms with Gasteiger partial charge in [0.15, 0.2) is 0 Å². The van der Waals surface area contributed by atoms with Crippen molar-refractivity contribution < 1.29 is 9.32 Å². The normalized spacial score (nSPS) is 10.2. The Morgan fingerprint density at radius 2 is 2.29 bits per heavy atom. The van der Waals surface area contributed by atoms with Crippen molar-refractivity contribution in [1.29, 1.82) is 0 Å². The largest absolute Gasteiger partial charge is 0.361 e. The van der Waals surface area contributed by atoms with Crippen LogP contribution in [0.4, 0.5) is 5.69 Å². The number of carbonyl (C=O) groups excluding carboxylic acids is 1. The van der Waals surface area contributed by atoms with Gasteiger partial charge >= 0.3 is 0 Å². The Morgan fingerprint density at radius 1 is 1.47 bits per heavy atom. The van der Waals surface area contributed by atoms with E-state index >= 15 is 0 Å². The second-order valence-corrected chi connectivity index (χ2v) is 4.36. The molecule has 0 saturated carbocycles. The molecule has 1 aromatic carbocycles. The third-order valence-electron chi connectivity index (χ3n) is 2.32. The number of hydrogen-bond acceptors (Lipinski definition) is 4. The Bertz CT molecular complexity index is 537. The predicted molar refractivity (Wildman–Crippen MR) is 67.4 cm³/mol. The minimum Gasteiger partial charge on any atom is -0.361 e. The fourth-order valence-corrected chi connectivity index (χ4v) is 1.88. The first-order chi connectivity index (χ1) is 8.20. The number of amides is 1. The van der Waals surface area contributed by atoms with E-state index in [0.29, 0.717) is 11.3 Å². The van der Waals surface area contributed by atoms with Gasteiger partial charge in [-0.05, 0) is 31.4 Å². The van der Waals surface area contributed by atoms with Gasteiger partial charge in [-0.25, -0.2) is 0 Å². The Labute approximate surface area is 103 Å². The minimum atomic E-state index is -0.206. The number of aromatic nitrogens is 1. The monoisotopic (exact) mass is 248 g/mol. The van der Waals surface area contributed by atoms with Crippen molar-refractivity contribution in [3.05, 3.63) is 41.8 Å². The molecule has 0 radical (unpaired) electrons. The molecule has 0 unspecified atom stereocenters. The molecular weight excluding hydrogens is 236 g/mol. The fourth-order valence-electron chi connectivity index (χ4n) is 1.42. The number of rotatable bonds is 3. The third-order valence-corrected chi connectivity index (χ3v) is 3.05. The zero-order chi connectivity index (χ0) is 12.3. The molecule has 0 fully saturated rings. The van der Waals surface area contributed by atoms with Crippen LogP contribution in [0.2, 0.25) is 0 Å². The molecular formula is C12H12N2O2S. The predicted octanol–water partition coefficient (Wildman–Crippen LogP) is 2.96. The van der Waals surface area contributed by atoms with E-state index in [1.807, 2.05) is 30.5 Å². The van der Waals surface area contributed by atoms with Gasteiger partial charge in [-0.2, -0.15) is 0 Å². The number of nitrogens with one attached hydrogen (secondary N) is 1. The van der Waals surface area contributed by atoms with Crippen molar-refractivity contribution in [2.24, 2.45) is 0 Å². The molecule has 0 aliphatic rings. The highest BCUT2D eigenvalue weighted by atomic mass is 32.2. The summed E-state index contributed by atoms with van der Waals surface area (Å²) < 4.78 is 4.85. The van der Waals surface area contributed by atoms with E-state index < -0.39 is 0 Å². The molecule has 0 atom stereocenters. The number of nitrogens with zero attached hydrogens (tertiary/aromatic N) is 1. The molecule has 1 amide bonds. The number of aryl methyl sites for hydroxylation is 1. The van der Waals surface area contributed by atoms with Crippen molar-refractivity contribution in [3.63, 3.8) is 0 Å². The lowest BCUT2D eigenvalue weighted by Crippen LogP contribution is -2.12. The standard InChI is InChI=1S/C12H12N2O2S/c1-8-11(7-13-16-8)12(15)14-9-4-3-5-10(6-9)17-2/h3-7H,1-2H3,(H,14,15). The molecule has 0 spiro atoms. The van der Waals surface area contributed by atoms with Gasteiger partial charge in [0, 0.05) is 10.6 Å². The third kappa shape index (κ3) is 2.68. The zero-order valence-electron chi connectivity index (χ0n) is 9.56. The van der Waals surface area contributed by atoms with E-state index in [4.69, 9.17) is 4.52 Å². The first-order valence-corrected chi connectivity index (χ1v) is 6.30. The molecule has 2 aromatic rings. The highest BCUT2D eigenvalue weighted by Gasteiger charge is 2.12. The van der Waals surface area contributed by atoms with Crippen molar-refractivity contribution >= 4 is 23.4 Å². The number of hydrogen-bond donors (Lipinski definition) is 1. The molecule has 4 nitrogen and oxygen atoms in total. The molecule has 1 aromatic heterocycles. The summed E-state index contributed by atoms with van der Waals surface area (Å²) in [5, 5.41) is 6.39. The van der Waals surface area contributed by atoms with Crippen LogP contribution in [0.15, 0.2) is 39.9 Å². The smallest absolute Gasteiger partial charge is 0.260 e. The van der Waals surface area contributed by atoms with Gasteiger partial charge < -0.3 is 9.84 Å². The number of anilines is 1. The van der Waals surface area contributed by atoms with E-state index in [2.05, 4.69) is 10.5 Å². The van der Waals surface area contributed by atoms with Gasteiger partial charge in [-0.15, -0.1) is 11.8 Å². The summed E-state index contributed by atoms with van der Waals surface area (Å²) in [6, 6.07) is 7.67. The van der Waals surface area contributed by atoms with Gasteiger partial charge in [0.25, 0.3) is 5.91 Å². The van der Waals surface area contributed by atoms with Crippen LogP contribution in [0.5, 0.6) is 0 Å². The SMILES string of the molecule is CSc1cccc(NC(=O)c2cnoc2C)c1. The van der Waals surface area contributed by atoms with Crippen molar-refractivity contribution in [2.75, 3.05) is 11.6 Å². The lowest BCUT2D eigenvalue weighted by Gasteiger charge is -2.05. The Hall–Kier alpha value is -1.75. The zero-order valence-corrected chi connectivity index (χ0v) is 10.4. The Balaban J connectivity index is 2.16. The average molecular weight is 248 g/mol. The van der Waals surface area contributed by atoms with Gasteiger partial charge in [0.1, 0.15) is 11.3 Å². The van der Waals surface area contributed by atoms with Gasteiger partial charge in [0.2, 0.25) is 0 Å². The van der Waals surface area contributed by atoms with E-state index in [-0.39, 0.29) is 5.91 Å². The highest BCUT2D eigenvalue weighted by Crippen LogP contribution is 2.19. The lowest BCUT2D eigenvalue weighted by molar-refractivity contribution is 0.102. The summed E-state index contributed by atoms with van der Waals surface area (Å²) in [5.74, 6) is 0.311. The van der Waals surface area contributed by atoms with Crippen LogP contribution in [0.3, 0.4) is 0 Å². The summed E-state index contributed by atoms with van der Waals surface area (Å²) in [7, 11) is 0. The van der Waals surface area contributed by atoms with Gasteiger partial charge in [0.05, 0.1) is 6.20 Å². The maximum absolute atomic E-state index is 11.9. The Kier molecular flexibility index (Phi) is 3.49. The summed E-state index contributed by atoms with van der Waals surface area (Å²) in [5.41, 5.74) is 1.22. The molecule has 0 bridgehead atoms. The van der Waals surface area contributed by atoms with E-state index in [0.717, 1.165) is 10.6 Å². The fraction of sp³-hybridized carbons (Fsp3) is 0.167. The van der Waals surface area contributed by atoms with Crippen LogP contribution in [-0.4, -0.2) is 17.3 Å². The van der Waals surface area contributed by atoms with E-state index in [1.165, 1.54) is 6.20 Å². The number of benzene rings is 1. The first-order valence-electron chi connectivity index (χ1n) is 5.07. The van der Waals surface area contributed by atoms with Crippen molar-refractivity contribution in [1.82, 2.24) is 5.16 Å². The van der Waals surface area contributed by atoms with Gasteiger partial charge in [-0.1, -0.05) is 11.2 Å². The molecule has 5 heteroatoms. The summed E-state index contributed by atoms with van der Waals surface area (Å²) in [6.07, 6.45) is 3.41. The summed E-state index contributed by atoms with van der Waals surface area (Å²) >= 11 is 1.63. The van der Waals surface area contributed by atoms with E-state index in [9.17, 15) is 4.79 Å². The minimum absolute atomic E-state index is 0.206. The topological polar surface area (TPSA) is 55.1 Å². The quantitative estimate of drug-likeness (QED) is 0.848. The summed E-state index contributed by atoms with van der Waals surface area (Å²) in [4.78, 5) is 13.0.